The van der Waals surface area contributed by atoms with E-state index in [2.05, 4.69) is 37.7 Å². The Bertz CT molecular complexity index is 1890. The van der Waals surface area contributed by atoms with E-state index in [0.29, 0.717) is 35.4 Å². The van der Waals surface area contributed by atoms with Gasteiger partial charge in [-0.3, -0.25) is 14.3 Å². The Morgan fingerprint density at radius 2 is 1.93 bits per heavy atom. The highest BCUT2D eigenvalue weighted by Crippen LogP contribution is 2.34. The Morgan fingerprint density at radius 3 is 2.67 bits per heavy atom. The van der Waals surface area contributed by atoms with Crippen LogP contribution in [0.2, 0.25) is 0 Å². The van der Waals surface area contributed by atoms with Crippen LogP contribution in [0.1, 0.15) is 39.2 Å². The summed E-state index contributed by atoms with van der Waals surface area (Å²) in [6.45, 7) is 2.50. The molecule has 3 N–H and O–H groups in total. The average molecular weight is 620 g/mol. The van der Waals surface area contributed by atoms with Gasteiger partial charge in [0, 0.05) is 36.3 Å². The maximum atomic E-state index is 15.0. The summed E-state index contributed by atoms with van der Waals surface area (Å²) in [4.78, 5) is 19.5. The van der Waals surface area contributed by atoms with Gasteiger partial charge in [0.15, 0.2) is 5.65 Å². The van der Waals surface area contributed by atoms with Crippen molar-refractivity contribution in [1.82, 2.24) is 24.5 Å². The highest BCUT2D eigenvalue weighted by atomic mass is 19.4. The van der Waals surface area contributed by atoms with Crippen LogP contribution in [0.25, 0.3) is 5.65 Å². The highest BCUT2D eigenvalue weighted by Gasteiger charge is 2.32. The Hall–Kier alpha value is -5.35. The summed E-state index contributed by atoms with van der Waals surface area (Å²) in [6.07, 6.45) is 2.61. The van der Waals surface area contributed by atoms with Crippen molar-refractivity contribution in [2.24, 2.45) is 0 Å². The maximum absolute atomic E-state index is 15.0. The molecule has 0 bridgehead atoms. The third kappa shape index (κ3) is 7.60. The number of anilines is 3. The number of alkyl halides is 3. The van der Waals surface area contributed by atoms with Gasteiger partial charge in [-0.2, -0.15) is 18.3 Å². The van der Waals surface area contributed by atoms with Crippen molar-refractivity contribution in [2.45, 2.75) is 19.5 Å². The van der Waals surface area contributed by atoms with E-state index in [1.807, 2.05) is 31.1 Å². The Kier molecular flexibility index (Phi) is 9.06. The van der Waals surface area contributed by atoms with E-state index in [-0.39, 0.29) is 23.6 Å². The Morgan fingerprint density at radius 1 is 1.11 bits per heavy atom. The van der Waals surface area contributed by atoms with Gasteiger partial charge in [-0.15, -0.1) is 0 Å². The molecule has 0 aliphatic rings. The van der Waals surface area contributed by atoms with Crippen molar-refractivity contribution in [1.29, 1.82) is 0 Å². The molecule has 0 saturated heterocycles. The number of ether oxygens (including phenoxy) is 1. The van der Waals surface area contributed by atoms with Gasteiger partial charge in [0.25, 0.3) is 5.91 Å². The molecule has 232 valence electrons. The molecule has 0 atom stereocenters. The van der Waals surface area contributed by atoms with Gasteiger partial charge in [-0.1, -0.05) is 5.92 Å². The lowest BCUT2D eigenvalue weighted by Gasteiger charge is -2.15. The second kappa shape index (κ2) is 13.1. The van der Waals surface area contributed by atoms with Gasteiger partial charge in [-0.05, 0) is 75.3 Å². The first-order valence-electron chi connectivity index (χ1n) is 13.8. The number of pyridine rings is 1. The number of nitrogens with one attached hydrogen (secondary N) is 3. The number of benzene rings is 2. The molecule has 3 heterocycles. The number of amides is 1. The molecule has 13 heteroatoms. The highest BCUT2D eigenvalue weighted by molar-refractivity contribution is 6.05. The second-order valence-electron chi connectivity index (χ2n) is 10.5. The number of halogens is 4. The summed E-state index contributed by atoms with van der Waals surface area (Å²) in [5.41, 5.74) is 1.89. The Labute approximate surface area is 256 Å². The van der Waals surface area contributed by atoms with Crippen molar-refractivity contribution in [2.75, 3.05) is 37.9 Å². The van der Waals surface area contributed by atoms with E-state index < -0.39 is 23.5 Å². The minimum absolute atomic E-state index is 0.0639. The Balaban J connectivity index is 1.39. The number of carbonyl (C=O) groups excluding carboxylic acids is 1. The molecular formula is C32H29F4N7O2. The fourth-order valence-corrected chi connectivity index (χ4v) is 4.48. The molecule has 0 spiro atoms. The van der Waals surface area contributed by atoms with Gasteiger partial charge in [0.2, 0.25) is 0 Å². The van der Waals surface area contributed by atoms with E-state index in [0.717, 1.165) is 29.6 Å². The number of rotatable bonds is 9. The number of aryl methyl sites for hydroxylation is 1. The molecule has 45 heavy (non-hydrogen) atoms. The minimum Gasteiger partial charge on any atom is -0.493 e. The van der Waals surface area contributed by atoms with Crippen LogP contribution >= 0.6 is 0 Å². The molecule has 2 aromatic carbocycles. The summed E-state index contributed by atoms with van der Waals surface area (Å²) in [7, 11) is 3.74. The van der Waals surface area contributed by atoms with Crippen molar-refractivity contribution in [3.05, 3.63) is 101 Å². The number of nitrogens with zero attached hydrogens (tertiary/aromatic N) is 4. The van der Waals surface area contributed by atoms with Crippen LogP contribution in [0.5, 0.6) is 5.75 Å². The molecule has 9 nitrogen and oxygen atoms in total. The van der Waals surface area contributed by atoms with Crippen LogP contribution < -0.4 is 15.4 Å². The van der Waals surface area contributed by atoms with Gasteiger partial charge >= 0.3 is 6.18 Å². The van der Waals surface area contributed by atoms with Gasteiger partial charge < -0.3 is 20.3 Å². The number of hydrogen-bond donors (Lipinski definition) is 3. The molecule has 5 rings (SSSR count). The molecule has 1 amide bonds. The van der Waals surface area contributed by atoms with E-state index in [1.54, 1.807) is 36.1 Å². The number of H-pyrrole nitrogens is 1. The lowest BCUT2D eigenvalue weighted by Crippen LogP contribution is -2.17. The molecule has 0 unspecified atom stereocenters. The normalized spacial score (nSPS) is 11.4. The number of fused-ring (bicyclic) bond motifs is 1. The van der Waals surface area contributed by atoms with E-state index >= 15 is 0 Å². The van der Waals surface area contributed by atoms with Crippen LogP contribution in [0, 0.1) is 24.6 Å². The zero-order valence-corrected chi connectivity index (χ0v) is 24.6. The van der Waals surface area contributed by atoms with Crippen LogP contribution in [0.4, 0.5) is 34.6 Å². The third-order valence-corrected chi connectivity index (χ3v) is 6.71. The van der Waals surface area contributed by atoms with Gasteiger partial charge in [0.05, 0.1) is 41.5 Å². The van der Waals surface area contributed by atoms with Crippen LogP contribution in [0.3, 0.4) is 0 Å². The zero-order valence-electron chi connectivity index (χ0n) is 24.6. The predicted molar refractivity (Wildman–Crippen MR) is 162 cm³/mol. The monoisotopic (exact) mass is 619 g/mol. The first kappa shape index (κ1) is 31.1. The van der Waals surface area contributed by atoms with Crippen molar-refractivity contribution >= 4 is 28.6 Å². The zero-order chi connectivity index (χ0) is 32.1. The standard InChI is InChI=1S/C32H29F4N7O2/c1-20-12-28(33)27(31(44)41-23-14-22(32(34,35)36)15-26(16-23)45-11-5-9-42(2)3)13-21(20)7-8-25-19-37-30-29(6-4-10-43(25)30)40-24-17-38-39-18-24/h4,6,10,12-19,40H,5,9,11H2,1-3H3,(H,38,39)(H,41,44). The fraction of sp³-hybridized carbons (Fsp3) is 0.219. The summed E-state index contributed by atoms with van der Waals surface area (Å²) in [5.74, 6) is 4.15. The molecule has 0 saturated carbocycles. The number of aromatic nitrogens is 4. The van der Waals surface area contributed by atoms with E-state index in [4.69, 9.17) is 4.74 Å². The summed E-state index contributed by atoms with van der Waals surface area (Å²) in [5, 5.41) is 12.2. The molecular weight excluding hydrogens is 590 g/mol. The summed E-state index contributed by atoms with van der Waals surface area (Å²) >= 11 is 0. The van der Waals surface area contributed by atoms with Crippen molar-refractivity contribution in [3.8, 4) is 17.6 Å². The fourth-order valence-electron chi connectivity index (χ4n) is 4.48. The first-order chi connectivity index (χ1) is 21.5. The van der Waals surface area contributed by atoms with E-state index in [9.17, 15) is 22.4 Å². The van der Waals surface area contributed by atoms with Crippen molar-refractivity contribution < 1.29 is 27.1 Å². The molecule has 5 aromatic rings. The lowest BCUT2D eigenvalue weighted by atomic mass is 10.0. The first-order valence-corrected chi connectivity index (χ1v) is 13.8. The van der Waals surface area contributed by atoms with Gasteiger partial charge in [-0.25, -0.2) is 9.37 Å². The average Bonchev–Trinajstić information content (AvgIpc) is 3.65. The molecule has 0 aliphatic carbocycles. The predicted octanol–water partition coefficient (Wildman–Crippen LogP) is 6.25. The molecule has 0 radical (unpaired) electrons. The van der Waals surface area contributed by atoms with Gasteiger partial charge in [0.1, 0.15) is 17.3 Å². The largest absolute Gasteiger partial charge is 0.493 e. The molecule has 0 fully saturated rings. The summed E-state index contributed by atoms with van der Waals surface area (Å²) in [6, 6.07) is 9.02. The number of carbonyl (C=O) groups is 1. The number of hydrogen-bond acceptors (Lipinski definition) is 6. The lowest BCUT2D eigenvalue weighted by molar-refractivity contribution is -0.137. The quantitative estimate of drug-likeness (QED) is 0.103. The topological polar surface area (TPSA) is 99.6 Å². The molecule has 3 aromatic heterocycles. The van der Waals surface area contributed by atoms with Crippen LogP contribution in [0.15, 0.2) is 67.3 Å². The van der Waals surface area contributed by atoms with Crippen LogP contribution in [-0.2, 0) is 6.18 Å². The van der Waals surface area contributed by atoms with E-state index in [1.165, 1.54) is 12.1 Å². The minimum atomic E-state index is -4.69. The SMILES string of the molecule is Cc1cc(F)c(C(=O)Nc2cc(OCCCN(C)C)cc(C(F)(F)F)c2)cc1C#Cc1cnc2c(Nc3cn[nH]c3)cccn12. The second-order valence-corrected chi connectivity index (χ2v) is 10.5. The number of aromatic amines is 1. The molecule has 0 aliphatic heterocycles. The maximum Gasteiger partial charge on any atom is 0.416 e. The van der Waals surface area contributed by atoms with Crippen LogP contribution in [-0.4, -0.2) is 57.6 Å². The smallest absolute Gasteiger partial charge is 0.416 e. The van der Waals surface area contributed by atoms with Crippen molar-refractivity contribution in [3.63, 3.8) is 0 Å². The summed E-state index contributed by atoms with van der Waals surface area (Å²) < 4.78 is 63.1. The number of imidazole rings is 1. The third-order valence-electron chi connectivity index (χ3n) is 6.71.